The molecular weight excluding hydrogens is 236 g/mol. The van der Waals surface area contributed by atoms with Crippen LogP contribution in [0.1, 0.15) is 11.5 Å². The quantitative estimate of drug-likeness (QED) is 0.798. The Morgan fingerprint density at radius 3 is 2.06 bits per heavy atom. The van der Waals surface area contributed by atoms with Gasteiger partial charge in [0.2, 0.25) is 0 Å². The maximum Gasteiger partial charge on any atom is 0.151 e. The molecule has 1 saturated carbocycles. The molecule has 2 atom stereocenters. The van der Waals surface area contributed by atoms with E-state index in [1.54, 1.807) is 0 Å². The largest absolute Gasteiger partial charge is 0.330 e. The average molecular weight is 254 g/mol. The van der Waals surface area contributed by atoms with Crippen LogP contribution in [0.25, 0.3) is 0 Å². The third kappa shape index (κ3) is 1.88. The topological polar surface area (TPSA) is 86.2 Å². The molecule has 1 aliphatic carbocycles. The zero-order valence-electron chi connectivity index (χ0n) is 9.84. The van der Waals surface area contributed by atoms with Crippen LogP contribution >= 0.6 is 0 Å². The lowest BCUT2D eigenvalue weighted by atomic mass is 9.99. The van der Waals surface area contributed by atoms with Crippen LogP contribution in [-0.4, -0.2) is 33.0 Å². The van der Waals surface area contributed by atoms with Gasteiger partial charge in [-0.3, -0.25) is 0 Å². The Morgan fingerprint density at radius 2 is 1.71 bits per heavy atom. The fourth-order valence-electron chi connectivity index (χ4n) is 2.86. The van der Waals surface area contributed by atoms with E-state index in [1.807, 2.05) is 30.3 Å². The van der Waals surface area contributed by atoms with Gasteiger partial charge in [0.05, 0.1) is 5.25 Å². The van der Waals surface area contributed by atoms with Gasteiger partial charge in [0.15, 0.2) is 9.84 Å². The Morgan fingerprint density at radius 1 is 1.18 bits per heavy atom. The minimum absolute atomic E-state index is 0.0614. The van der Waals surface area contributed by atoms with E-state index < -0.39 is 20.5 Å². The van der Waals surface area contributed by atoms with Crippen molar-refractivity contribution in [3.8, 4) is 0 Å². The van der Waals surface area contributed by atoms with Gasteiger partial charge >= 0.3 is 0 Å². The van der Waals surface area contributed by atoms with Crippen molar-refractivity contribution in [3.63, 3.8) is 0 Å². The normalized spacial score (nSPS) is 26.8. The molecule has 17 heavy (non-hydrogen) atoms. The highest BCUT2D eigenvalue weighted by molar-refractivity contribution is 7.91. The Kier molecular flexibility index (Phi) is 3.01. The summed E-state index contributed by atoms with van der Waals surface area (Å²) < 4.78 is 23.6. The van der Waals surface area contributed by atoms with E-state index in [9.17, 15) is 8.42 Å². The van der Waals surface area contributed by atoms with Crippen molar-refractivity contribution in [2.24, 2.45) is 16.9 Å². The van der Waals surface area contributed by atoms with Crippen LogP contribution in [0, 0.1) is 5.41 Å². The smallest absolute Gasteiger partial charge is 0.151 e. The summed E-state index contributed by atoms with van der Waals surface area (Å²) in [6.07, 6.45) is 1.26. The fraction of sp³-hybridized carbons (Fsp3) is 0.500. The van der Waals surface area contributed by atoms with Gasteiger partial charge in [-0.2, -0.15) is 0 Å². The zero-order chi connectivity index (χ0) is 12.7. The minimum Gasteiger partial charge on any atom is -0.330 e. The first-order chi connectivity index (χ1) is 7.97. The van der Waals surface area contributed by atoms with Crippen molar-refractivity contribution in [1.82, 2.24) is 0 Å². The minimum atomic E-state index is -3.12. The molecular formula is C12H18N2O2S. The van der Waals surface area contributed by atoms with Crippen molar-refractivity contribution in [2.45, 2.75) is 11.2 Å². The molecule has 0 aromatic heterocycles. The Hall–Kier alpha value is -0.910. The summed E-state index contributed by atoms with van der Waals surface area (Å²) in [6, 6.07) is 9.61. The zero-order valence-corrected chi connectivity index (χ0v) is 10.7. The third-order valence-electron chi connectivity index (χ3n) is 3.76. The molecule has 1 aliphatic rings. The Balaban J connectivity index is 2.42. The number of rotatable bonds is 4. The molecule has 1 aromatic carbocycles. The van der Waals surface area contributed by atoms with Gasteiger partial charge in [0.1, 0.15) is 0 Å². The van der Waals surface area contributed by atoms with Crippen molar-refractivity contribution in [1.29, 1.82) is 0 Å². The lowest BCUT2D eigenvalue weighted by Crippen LogP contribution is -2.31. The molecule has 1 aromatic rings. The lowest BCUT2D eigenvalue weighted by molar-refractivity contribution is 0.511. The highest BCUT2D eigenvalue weighted by atomic mass is 32.2. The highest BCUT2D eigenvalue weighted by Crippen LogP contribution is 2.61. The van der Waals surface area contributed by atoms with Crippen molar-refractivity contribution >= 4 is 9.84 Å². The van der Waals surface area contributed by atoms with Crippen LogP contribution in [0.15, 0.2) is 30.3 Å². The van der Waals surface area contributed by atoms with E-state index in [-0.39, 0.29) is 5.92 Å². The fourth-order valence-corrected chi connectivity index (χ4v) is 4.90. The molecule has 5 heteroatoms. The summed E-state index contributed by atoms with van der Waals surface area (Å²) in [6.45, 7) is 0.613. The molecule has 0 aliphatic heterocycles. The number of benzene rings is 1. The monoisotopic (exact) mass is 254 g/mol. The van der Waals surface area contributed by atoms with Crippen molar-refractivity contribution < 1.29 is 8.42 Å². The first-order valence-electron chi connectivity index (χ1n) is 5.61. The summed E-state index contributed by atoms with van der Waals surface area (Å²) in [7, 11) is -3.12. The number of hydrogen-bond donors (Lipinski definition) is 2. The Labute approximate surface area is 102 Å². The molecule has 4 nitrogen and oxygen atoms in total. The van der Waals surface area contributed by atoms with E-state index >= 15 is 0 Å². The van der Waals surface area contributed by atoms with Crippen LogP contribution in [0.2, 0.25) is 0 Å². The van der Waals surface area contributed by atoms with Gasteiger partial charge in [0.25, 0.3) is 0 Å². The summed E-state index contributed by atoms with van der Waals surface area (Å²) in [5.74, 6) is -0.0614. The predicted molar refractivity (Wildman–Crippen MR) is 68.4 cm³/mol. The van der Waals surface area contributed by atoms with Crippen LogP contribution in [0.3, 0.4) is 0 Å². The molecule has 0 unspecified atom stereocenters. The first-order valence-corrected chi connectivity index (χ1v) is 7.57. The standard InChI is InChI=1S/C12H18N2O2S/c1-17(15,16)11-10(12(11,7-13)8-14)9-5-3-2-4-6-9/h2-6,10-11H,7-8,13-14H2,1H3/t10-,11+/m1/s1. The SMILES string of the molecule is CS(=O)(=O)[C@H]1[C@@H](c2ccccc2)C1(CN)CN. The molecule has 0 heterocycles. The van der Waals surface area contributed by atoms with E-state index in [2.05, 4.69) is 0 Å². The van der Waals surface area contributed by atoms with Crippen molar-refractivity contribution in [2.75, 3.05) is 19.3 Å². The molecule has 1 fully saturated rings. The summed E-state index contributed by atoms with van der Waals surface area (Å²) >= 11 is 0. The van der Waals surface area contributed by atoms with E-state index in [0.29, 0.717) is 13.1 Å². The summed E-state index contributed by atoms with van der Waals surface area (Å²) in [4.78, 5) is 0. The van der Waals surface area contributed by atoms with E-state index in [0.717, 1.165) is 5.56 Å². The van der Waals surface area contributed by atoms with Gasteiger partial charge in [-0.15, -0.1) is 0 Å². The molecule has 0 radical (unpaired) electrons. The molecule has 0 amide bonds. The van der Waals surface area contributed by atoms with Crippen LogP contribution in [0.5, 0.6) is 0 Å². The average Bonchev–Trinajstić information content (AvgIpc) is 3.00. The first kappa shape index (κ1) is 12.5. The summed E-state index contributed by atoms with van der Waals surface area (Å²) in [5.41, 5.74) is 12.0. The molecule has 4 N–H and O–H groups in total. The van der Waals surface area contributed by atoms with Crippen LogP contribution in [-0.2, 0) is 9.84 Å². The van der Waals surface area contributed by atoms with E-state index in [1.165, 1.54) is 6.26 Å². The van der Waals surface area contributed by atoms with E-state index in [4.69, 9.17) is 11.5 Å². The third-order valence-corrected chi connectivity index (χ3v) is 5.42. The second kappa shape index (κ2) is 4.08. The predicted octanol–water partition coefficient (Wildman–Crippen LogP) is 0.101. The highest BCUT2D eigenvalue weighted by Gasteiger charge is 2.68. The van der Waals surface area contributed by atoms with Gasteiger partial charge < -0.3 is 11.5 Å². The molecule has 0 bridgehead atoms. The van der Waals surface area contributed by atoms with Crippen molar-refractivity contribution in [3.05, 3.63) is 35.9 Å². The summed E-state index contributed by atoms with van der Waals surface area (Å²) in [5, 5.41) is -0.438. The maximum atomic E-state index is 11.8. The molecule has 2 rings (SSSR count). The second-order valence-electron chi connectivity index (χ2n) is 4.78. The number of nitrogens with two attached hydrogens (primary N) is 2. The molecule has 0 spiro atoms. The van der Waals surface area contributed by atoms with Gasteiger partial charge in [-0.05, 0) is 5.56 Å². The lowest BCUT2D eigenvalue weighted by Gasteiger charge is -2.11. The second-order valence-corrected chi connectivity index (χ2v) is 6.95. The molecule has 94 valence electrons. The number of hydrogen-bond acceptors (Lipinski definition) is 4. The van der Waals surface area contributed by atoms with Gasteiger partial charge in [-0.1, -0.05) is 30.3 Å². The van der Waals surface area contributed by atoms with Gasteiger partial charge in [-0.25, -0.2) is 8.42 Å². The molecule has 0 saturated heterocycles. The van der Waals surface area contributed by atoms with Gasteiger partial charge in [0, 0.05) is 30.7 Å². The maximum absolute atomic E-state index is 11.8. The van der Waals surface area contributed by atoms with Crippen LogP contribution < -0.4 is 11.5 Å². The Bertz CT molecular complexity index is 494. The van der Waals surface area contributed by atoms with Crippen LogP contribution in [0.4, 0.5) is 0 Å². The number of sulfone groups is 1.